The molecule has 8 heteroatoms. The molecular formula is C18H13N3O4S. The predicted molar refractivity (Wildman–Crippen MR) is 96.6 cm³/mol. The lowest BCUT2D eigenvalue weighted by atomic mass is 10.1. The molecule has 0 saturated heterocycles. The molecule has 3 N–H and O–H groups in total. The monoisotopic (exact) mass is 367 g/mol. The first-order valence-electron chi connectivity index (χ1n) is 7.67. The van der Waals surface area contributed by atoms with Gasteiger partial charge in [0.2, 0.25) is 6.79 Å². The van der Waals surface area contributed by atoms with Gasteiger partial charge in [0.1, 0.15) is 10.7 Å². The highest BCUT2D eigenvalue weighted by atomic mass is 32.1. The lowest BCUT2D eigenvalue weighted by Crippen LogP contribution is -2.18. The molecule has 0 radical (unpaired) electrons. The minimum atomic E-state index is -0.611. The van der Waals surface area contributed by atoms with E-state index < -0.39 is 11.8 Å². The van der Waals surface area contributed by atoms with Gasteiger partial charge >= 0.3 is 0 Å². The maximum Gasteiger partial charge on any atom is 0.275 e. The Hall–Kier alpha value is -3.39. The third-order valence-corrected chi connectivity index (χ3v) is 4.69. The lowest BCUT2D eigenvalue weighted by molar-refractivity contribution is 0.100. The van der Waals surface area contributed by atoms with Gasteiger partial charge in [0.15, 0.2) is 11.5 Å². The van der Waals surface area contributed by atoms with Crippen LogP contribution in [-0.4, -0.2) is 23.6 Å². The Labute approximate surface area is 152 Å². The first kappa shape index (κ1) is 16.1. The molecule has 26 heavy (non-hydrogen) atoms. The molecule has 4 rings (SSSR count). The van der Waals surface area contributed by atoms with Gasteiger partial charge in [0.25, 0.3) is 11.8 Å². The van der Waals surface area contributed by atoms with E-state index in [4.69, 9.17) is 15.2 Å². The van der Waals surface area contributed by atoms with Crippen molar-refractivity contribution in [3.05, 3.63) is 59.1 Å². The van der Waals surface area contributed by atoms with E-state index in [9.17, 15) is 9.59 Å². The van der Waals surface area contributed by atoms with Crippen LogP contribution in [0.5, 0.6) is 11.5 Å². The van der Waals surface area contributed by atoms with Crippen LogP contribution in [-0.2, 0) is 0 Å². The van der Waals surface area contributed by atoms with E-state index in [-0.39, 0.29) is 18.1 Å². The number of rotatable bonds is 4. The summed E-state index contributed by atoms with van der Waals surface area (Å²) in [5, 5.41) is 5.01. The number of ether oxygens (including phenoxy) is 2. The predicted octanol–water partition coefficient (Wildman–Crippen LogP) is 2.89. The highest BCUT2D eigenvalue weighted by molar-refractivity contribution is 7.13. The van der Waals surface area contributed by atoms with Gasteiger partial charge in [-0.1, -0.05) is 12.1 Å². The minimum absolute atomic E-state index is 0.198. The third kappa shape index (κ3) is 2.98. The quantitative estimate of drug-likeness (QED) is 0.738. The van der Waals surface area contributed by atoms with E-state index in [0.29, 0.717) is 22.2 Å². The lowest BCUT2D eigenvalue weighted by Gasteiger charge is -2.07. The molecule has 3 aromatic rings. The SMILES string of the molecule is NC(=O)c1ccccc1NC(=O)c1csc(-c2ccc3c(c2)OCO3)n1. The second-order valence-corrected chi connectivity index (χ2v) is 6.33. The standard InChI is InChI=1S/C18H13N3O4S/c19-16(22)11-3-1-2-4-12(11)20-17(23)13-8-26-18(21-13)10-5-6-14-15(7-10)25-9-24-14/h1-8H,9H2,(H2,19,22)(H,20,23). The van der Waals surface area contributed by atoms with E-state index >= 15 is 0 Å². The molecule has 130 valence electrons. The zero-order valence-corrected chi connectivity index (χ0v) is 14.2. The van der Waals surface area contributed by atoms with Crippen LogP contribution in [0.4, 0.5) is 5.69 Å². The molecule has 0 unspecified atom stereocenters. The second kappa shape index (κ2) is 6.49. The van der Waals surface area contributed by atoms with E-state index in [2.05, 4.69) is 10.3 Å². The maximum absolute atomic E-state index is 12.5. The van der Waals surface area contributed by atoms with E-state index in [1.165, 1.54) is 11.3 Å². The summed E-state index contributed by atoms with van der Waals surface area (Å²) in [6, 6.07) is 12.0. The molecule has 1 aliphatic heterocycles. The third-order valence-electron chi connectivity index (χ3n) is 3.80. The fourth-order valence-corrected chi connectivity index (χ4v) is 3.33. The first-order chi connectivity index (χ1) is 12.6. The summed E-state index contributed by atoms with van der Waals surface area (Å²) < 4.78 is 10.6. The minimum Gasteiger partial charge on any atom is -0.454 e. The Morgan fingerprint density at radius 3 is 2.77 bits per heavy atom. The van der Waals surface area contributed by atoms with Gasteiger partial charge in [-0.3, -0.25) is 9.59 Å². The fraction of sp³-hybridized carbons (Fsp3) is 0.0556. The summed E-state index contributed by atoms with van der Waals surface area (Å²) in [6.45, 7) is 0.198. The van der Waals surface area contributed by atoms with Crippen molar-refractivity contribution in [1.82, 2.24) is 4.98 Å². The number of hydrogen-bond donors (Lipinski definition) is 2. The number of aromatic nitrogens is 1. The van der Waals surface area contributed by atoms with Gasteiger partial charge < -0.3 is 20.5 Å². The topological polar surface area (TPSA) is 104 Å². The molecule has 7 nitrogen and oxygen atoms in total. The molecule has 0 bridgehead atoms. The zero-order chi connectivity index (χ0) is 18.1. The largest absolute Gasteiger partial charge is 0.454 e. The summed E-state index contributed by atoms with van der Waals surface area (Å²) in [5.74, 6) is 0.313. The van der Waals surface area contributed by atoms with Gasteiger partial charge in [0.05, 0.1) is 11.3 Å². The number of benzene rings is 2. The number of thiazole rings is 1. The molecule has 1 aliphatic rings. The van der Waals surface area contributed by atoms with Gasteiger partial charge in [-0.05, 0) is 30.3 Å². The molecule has 0 atom stereocenters. The van der Waals surface area contributed by atoms with Crippen molar-refractivity contribution in [2.24, 2.45) is 5.73 Å². The molecule has 0 fully saturated rings. The van der Waals surface area contributed by atoms with E-state index in [0.717, 1.165) is 5.56 Å². The van der Waals surface area contributed by atoms with Crippen molar-refractivity contribution in [3.8, 4) is 22.1 Å². The number of carbonyl (C=O) groups is 2. The Bertz CT molecular complexity index is 1020. The number of amides is 2. The number of anilines is 1. The number of primary amides is 1. The summed E-state index contributed by atoms with van der Waals surface area (Å²) in [4.78, 5) is 28.3. The van der Waals surface area contributed by atoms with Crippen LogP contribution in [0.2, 0.25) is 0 Å². The van der Waals surface area contributed by atoms with Gasteiger partial charge in [-0.15, -0.1) is 11.3 Å². The highest BCUT2D eigenvalue weighted by Gasteiger charge is 2.18. The summed E-state index contributed by atoms with van der Waals surface area (Å²) in [6.07, 6.45) is 0. The molecule has 0 aliphatic carbocycles. The maximum atomic E-state index is 12.5. The van der Waals surface area contributed by atoms with Gasteiger partial charge in [-0.2, -0.15) is 0 Å². The van der Waals surface area contributed by atoms with Crippen LogP contribution in [0.1, 0.15) is 20.8 Å². The smallest absolute Gasteiger partial charge is 0.275 e. The van der Waals surface area contributed by atoms with Crippen LogP contribution in [0, 0.1) is 0 Å². The molecule has 2 amide bonds. The van der Waals surface area contributed by atoms with Crippen LogP contribution >= 0.6 is 11.3 Å². The van der Waals surface area contributed by atoms with E-state index in [1.54, 1.807) is 29.6 Å². The first-order valence-corrected chi connectivity index (χ1v) is 8.55. The van der Waals surface area contributed by atoms with Crippen molar-refractivity contribution in [1.29, 1.82) is 0 Å². The molecule has 0 spiro atoms. The molecule has 2 aromatic carbocycles. The molecule has 1 aromatic heterocycles. The number of hydrogen-bond acceptors (Lipinski definition) is 6. The summed E-state index contributed by atoms with van der Waals surface area (Å²) in [7, 11) is 0. The fourth-order valence-electron chi connectivity index (χ4n) is 2.53. The Morgan fingerprint density at radius 2 is 1.92 bits per heavy atom. The van der Waals surface area contributed by atoms with Gasteiger partial charge in [-0.25, -0.2) is 4.98 Å². The Morgan fingerprint density at radius 1 is 1.12 bits per heavy atom. The Balaban J connectivity index is 1.57. The van der Waals surface area contributed by atoms with Crippen LogP contribution in [0.25, 0.3) is 10.6 Å². The van der Waals surface area contributed by atoms with Crippen LogP contribution < -0.4 is 20.5 Å². The molecule has 0 saturated carbocycles. The van der Waals surface area contributed by atoms with Crippen LogP contribution in [0.15, 0.2) is 47.8 Å². The highest BCUT2D eigenvalue weighted by Crippen LogP contribution is 2.36. The van der Waals surface area contributed by atoms with E-state index in [1.807, 2.05) is 18.2 Å². The number of fused-ring (bicyclic) bond motifs is 1. The number of para-hydroxylation sites is 1. The molecular weight excluding hydrogens is 354 g/mol. The summed E-state index contributed by atoms with van der Waals surface area (Å²) >= 11 is 1.34. The number of nitrogens with zero attached hydrogens (tertiary/aromatic N) is 1. The molecule has 2 heterocycles. The van der Waals surface area contributed by atoms with Crippen molar-refractivity contribution < 1.29 is 19.1 Å². The van der Waals surface area contributed by atoms with Crippen molar-refractivity contribution >= 4 is 28.8 Å². The van der Waals surface area contributed by atoms with Crippen LogP contribution in [0.3, 0.4) is 0 Å². The Kier molecular flexibility index (Phi) is 4.02. The van der Waals surface area contributed by atoms with Crippen molar-refractivity contribution in [2.45, 2.75) is 0 Å². The van der Waals surface area contributed by atoms with Gasteiger partial charge in [0, 0.05) is 10.9 Å². The normalized spacial score (nSPS) is 12.0. The number of nitrogens with one attached hydrogen (secondary N) is 1. The summed E-state index contributed by atoms with van der Waals surface area (Å²) in [5.41, 5.74) is 7.00. The average Bonchev–Trinajstić information content (AvgIpc) is 3.30. The second-order valence-electron chi connectivity index (χ2n) is 5.47. The average molecular weight is 367 g/mol. The zero-order valence-electron chi connectivity index (χ0n) is 13.4. The number of carbonyl (C=O) groups excluding carboxylic acids is 2. The number of nitrogens with two attached hydrogens (primary N) is 1. The van der Waals surface area contributed by atoms with Crippen molar-refractivity contribution in [2.75, 3.05) is 12.1 Å². The van der Waals surface area contributed by atoms with Crippen molar-refractivity contribution in [3.63, 3.8) is 0 Å².